The van der Waals surface area contributed by atoms with Crippen molar-refractivity contribution < 1.29 is 36.2 Å². The van der Waals surface area contributed by atoms with Gasteiger partial charge in [0.15, 0.2) is 0 Å². The molecule has 0 radical (unpaired) electrons. The molecule has 11 heteroatoms. The van der Waals surface area contributed by atoms with E-state index in [1.165, 1.54) is 4.31 Å². The lowest BCUT2D eigenvalue weighted by molar-refractivity contribution is -0.192. The number of hydrogen-bond acceptors (Lipinski definition) is 5. The van der Waals surface area contributed by atoms with Crippen LogP contribution in [0.15, 0.2) is 29.2 Å². The van der Waals surface area contributed by atoms with E-state index in [1.807, 2.05) is 6.07 Å². The van der Waals surface area contributed by atoms with Crippen molar-refractivity contribution in [3.63, 3.8) is 0 Å². The van der Waals surface area contributed by atoms with Crippen molar-refractivity contribution in [3.8, 4) is 5.75 Å². The summed E-state index contributed by atoms with van der Waals surface area (Å²) in [6.07, 6.45) is -3.50. The average molecular weight is 424 g/mol. The fourth-order valence-electron chi connectivity index (χ4n) is 3.24. The minimum Gasteiger partial charge on any atom is -0.487 e. The second kappa shape index (κ2) is 8.66. The molecule has 3 rings (SSSR count). The van der Waals surface area contributed by atoms with Crippen LogP contribution in [0.4, 0.5) is 13.2 Å². The Kier molecular flexibility index (Phi) is 6.94. The lowest BCUT2D eigenvalue weighted by Crippen LogP contribution is -2.44. The molecule has 28 heavy (non-hydrogen) atoms. The van der Waals surface area contributed by atoms with Crippen molar-refractivity contribution in [2.24, 2.45) is 0 Å². The Hall–Kier alpha value is -1.85. The summed E-state index contributed by atoms with van der Waals surface area (Å²) < 4.78 is 64.9. The molecule has 7 nitrogen and oxygen atoms in total. The van der Waals surface area contributed by atoms with Crippen LogP contribution in [0.1, 0.15) is 19.8 Å². The van der Waals surface area contributed by atoms with Crippen molar-refractivity contribution in [1.29, 1.82) is 0 Å². The van der Waals surface area contributed by atoms with Crippen molar-refractivity contribution >= 4 is 16.0 Å². The highest BCUT2D eigenvalue weighted by Gasteiger charge is 2.41. The molecule has 2 aliphatic rings. The van der Waals surface area contributed by atoms with Crippen LogP contribution < -0.4 is 4.74 Å². The highest BCUT2D eigenvalue weighted by atomic mass is 32.2. The number of para-hydroxylation sites is 1. The number of fused-ring (bicyclic) bond motifs is 2. The molecule has 158 valence electrons. The normalized spacial score (nSPS) is 25.0. The third-order valence-electron chi connectivity index (χ3n) is 4.84. The van der Waals surface area contributed by atoms with Gasteiger partial charge in [-0.3, -0.25) is 0 Å². The lowest BCUT2D eigenvalue weighted by Gasteiger charge is -2.28. The number of hydrogen-bond donors (Lipinski definition) is 1. The van der Waals surface area contributed by atoms with Crippen LogP contribution in [0.25, 0.3) is 0 Å². The summed E-state index contributed by atoms with van der Waals surface area (Å²) in [4.78, 5) is 11.5. The van der Waals surface area contributed by atoms with Crippen LogP contribution in [0.2, 0.25) is 0 Å². The Morgan fingerprint density at radius 1 is 1.25 bits per heavy atom. The van der Waals surface area contributed by atoms with Gasteiger partial charge in [0.1, 0.15) is 16.7 Å². The first kappa shape index (κ1) is 22.4. The van der Waals surface area contributed by atoms with Gasteiger partial charge in [0.25, 0.3) is 0 Å². The van der Waals surface area contributed by atoms with E-state index in [0.29, 0.717) is 5.75 Å². The number of nitrogens with zero attached hydrogens (tertiary/aromatic N) is 2. The number of aliphatic carboxylic acids is 1. The van der Waals surface area contributed by atoms with Gasteiger partial charge in [0.05, 0.1) is 6.04 Å². The summed E-state index contributed by atoms with van der Waals surface area (Å²) >= 11 is 0. The maximum Gasteiger partial charge on any atom is 0.490 e. The number of ether oxygens (including phenoxy) is 1. The van der Waals surface area contributed by atoms with E-state index in [2.05, 4.69) is 11.8 Å². The number of alkyl halides is 3. The van der Waals surface area contributed by atoms with E-state index < -0.39 is 22.2 Å². The third-order valence-corrected chi connectivity index (χ3v) is 6.76. The molecule has 1 aromatic rings. The van der Waals surface area contributed by atoms with E-state index in [0.717, 1.165) is 32.5 Å². The Morgan fingerprint density at radius 3 is 2.39 bits per heavy atom. The number of benzene rings is 1. The number of rotatable bonds is 1. The first-order valence-electron chi connectivity index (χ1n) is 8.74. The predicted molar refractivity (Wildman–Crippen MR) is 94.6 cm³/mol. The van der Waals surface area contributed by atoms with Gasteiger partial charge in [-0.25, -0.2) is 13.2 Å². The van der Waals surface area contributed by atoms with Gasteiger partial charge in [-0.15, -0.1) is 0 Å². The van der Waals surface area contributed by atoms with Crippen LogP contribution in [0.5, 0.6) is 5.75 Å². The van der Waals surface area contributed by atoms with Crippen molar-refractivity contribution in [3.05, 3.63) is 24.3 Å². The molecule has 1 aromatic carbocycles. The minimum absolute atomic E-state index is 0.0787. The number of sulfonamides is 1. The molecule has 0 bridgehead atoms. The molecule has 0 aromatic heterocycles. The Labute approximate surface area is 161 Å². The van der Waals surface area contributed by atoms with Crippen LogP contribution in [-0.4, -0.2) is 73.7 Å². The van der Waals surface area contributed by atoms with Gasteiger partial charge < -0.3 is 14.7 Å². The summed E-state index contributed by atoms with van der Waals surface area (Å²) in [5.41, 5.74) is 0. The third kappa shape index (κ3) is 4.95. The Bertz CT molecular complexity index is 800. The number of carboxylic acids is 1. The molecule has 0 saturated carbocycles. The van der Waals surface area contributed by atoms with Crippen LogP contribution in [-0.2, 0) is 14.8 Å². The molecule has 0 spiro atoms. The maximum atomic E-state index is 12.8. The topological polar surface area (TPSA) is 87.2 Å². The molecular weight excluding hydrogens is 401 g/mol. The summed E-state index contributed by atoms with van der Waals surface area (Å²) in [7, 11) is -1.80. The standard InChI is InChI=1S/C15H22N2O3S.C2HF3O2/c1-3-17-10-8-12-13(9-11-17)20-14-6-4-5-7-15(14)21(18,19)16(12)2;3-2(4,5)1(6)7/h4-7,12-13H,3,8-11H2,1-2H3;(H,6,7)/t12-,13-;/m0./s1. The predicted octanol–water partition coefficient (Wildman–Crippen LogP) is 2.19. The number of likely N-dealkylation sites (N-methyl/N-ethyl adjacent to an activating group) is 1. The highest BCUT2D eigenvalue weighted by Crippen LogP contribution is 2.35. The van der Waals surface area contributed by atoms with E-state index >= 15 is 0 Å². The molecule has 0 amide bonds. The SMILES string of the molecule is CCN1CC[C@@H]2Oc3ccccc3S(=O)(=O)N(C)[C@H]2CC1.O=C(O)C(F)(F)F. The van der Waals surface area contributed by atoms with Crippen molar-refractivity contribution in [2.45, 2.75) is 43.0 Å². The van der Waals surface area contributed by atoms with Crippen LogP contribution in [0.3, 0.4) is 0 Å². The monoisotopic (exact) mass is 424 g/mol. The smallest absolute Gasteiger partial charge is 0.487 e. The fourth-order valence-corrected chi connectivity index (χ4v) is 4.77. The zero-order valence-corrected chi connectivity index (χ0v) is 16.3. The average Bonchev–Trinajstić information content (AvgIpc) is 2.86. The Morgan fingerprint density at radius 2 is 1.82 bits per heavy atom. The molecule has 0 aliphatic carbocycles. The lowest BCUT2D eigenvalue weighted by atomic mass is 10.1. The molecular formula is C17H23F3N2O5S. The highest BCUT2D eigenvalue weighted by molar-refractivity contribution is 7.89. The van der Waals surface area contributed by atoms with Gasteiger partial charge in [0.2, 0.25) is 10.0 Å². The summed E-state index contributed by atoms with van der Waals surface area (Å²) in [6.45, 7) is 5.00. The van der Waals surface area contributed by atoms with Gasteiger partial charge in [-0.1, -0.05) is 19.1 Å². The van der Waals surface area contributed by atoms with Gasteiger partial charge >= 0.3 is 12.1 Å². The maximum absolute atomic E-state index is 12.8. The summed E-state index contributed by atoms with van der Waals surface area (Å²) in [5.74, 6) is -2.27. The van der Waals surface area contributed by atoms with Crippen molar-refractivity contribution in [1.82, 2.24) is 9.21 Å². The van der Waals surface area contributed by atoms with Crippen molar-refractivity contribution in [2.75, 3.05) is 26.7 Å². The first-order valence-corrected chi connectivity index (χ1v) is 10.2. The van der Waals surface area contributed by atoms with E-state index in [1.54, 1.807) is 25.2 Å². The quantitative estimate of drug-likeness (QED) is 0.744. The molecule has 1 N–H and O–H groups in total. The molecule has 0 unspecified atom stereocenters. The van der Waals surface area contributed by atoms with Crippen LogP contribution in [0, 0.1) is 0 Å². The second-order valence-electron chi connectivity index (χ2n) is 6.51. The minimum atomic E-state index is -5.08. The largest absolute Gasteiger partial charge is 0.490 e. The molecule has 2 aliphatic heterocycles. The van der Waals surface area contributed by atoms with Gasteiger partial charge in [0, 0.05) is 13.6 Å². The number of carboxylic acid groups (broad SMARTS) is 1. The Balaban J connectivity index is 0.000000345. The molecule has 1 fully saturated rings. The molecule has 2 atom stereocenters. The zero-order valence-electron chi connectivity index (χ0n) is 15.5. The first-order chi connectivity index (χ1) is 13.0. The van der Waals surface area contributed by atoms with E-state index in [-0.39, 0.29) is 17.0 Å². The number of carbonyl (C=O) groups is 1. The van der Waals surface area contributed by atoms with Crippen LogP contribution >= 0.6 is 0 Å². The molecule has 1 saturated heterocycles. The summed E-state index contributed by atoms with van der Waals surface area (Å²) in [5, 5.41) is 7.12. The van der Waals surface area contributed by atoms with E-state index in [9.17, 15) is 21.6 Å². The van der Waals surface area contributed by atoms with E-state index in [4.69, 9.17) is 14.6 Å². The van der Waals surface area contributed by atoms with Gasteiger partial charge in [-0.05, 0) is 38.1 Å². The second-order valence-corrected chi connectivity index (χ2v) is 8.47. The fraction of sp³-hybridized carbons (Fsp3) is 0.588. The van der Waals surface area contributed by atoms with Gasteiger partial charge in [-0.2, -0.15) is 17.5 Å². The summed E-state index contributed by atoms with van der Waals surface area (Å²) in [6, 6.07) is 6.85. The number of halogens is 3. The zero-order chi connectivity index (χ0) is 21.1. The molecule has 2 heterocycles. The number of likely N-dealkylation sites (tertiary alicyclic amines) is 1.